The van der Waals surface area contributed by atoms with Crippen molar-refractivity contribution in [2.45, 2.75) is 11.4 Å². The number of anilines is 1. The summed E-state index contributed by atoms with van der Waals surface area (Å²) >= 11 is 0. The summed E-state index contributed by atoms with van der Waals surface area (Å²) < 4.78 is 27.7. The van der Waals surface area contributed by atoms with E-state index in [-0.39, 0.29) is 4.90 Å². The molecule has 0 saturated heterocycles. The Labute approximate surface area is 139 Å². The van der Waals surface area contributed by atoms with Gasteiger partial charge in [-0.2, -0.15) is 0 Å². The first-order valence-corrected chi connectivity index (χ1v) is 8.66. The Morgan fingerprint density at radius 1 is 1.12 bits per heavy atom. The molecule has 0 aliphatic carbocycles. The first kappa shape index (κ1) is 16.2. The minimum absolute atomic E-state index is 0.0887. The lowest BCUT2D eigenvalue weighted by atomic mass is 10.2. The minimum atomic E-state index is -3.68. The van der Waals surface area contributed by atoms with E-state index in [1.165, 1.54) is 18.5 Å². The summed E-state index contributed by atoms with van der Waals surface area (Å²) in [5.74, 6) is 1.42. The van der Waals surface area contributed by atoms with Gasteiger partial charge in [0.25, 0.3) is 0 Å². The number of nitrogens with two attached hydrogens (primary N) is 1. The standard InChI is InChI=1S/C16H16N4O3S/c1-23-12-4-7-14-15(8-12)19-10-20-16(14)18-9-11-2-5-13(6-3-11)24(17,21)22/h2-8,10H,9H2,1H3,(H2,17,21,22)(H,18,19,20). The maximum atomic E-state index is 11.3. The van der Waals surface area contributed by atoms with E-state index < -0.39 is 10.0 Å². The van der Waals surface area contributed by atoms with Crippen molar-refractivity contribution in [3.63, 3.8) is 0 Å². The van der Waals surface area contributed by atoms with Crippen LogP contribution in [0.3, 0.4) is 0 Å². The second-order valence-corrected chi connectivity index (χ2v) is 6.71. The molecule has 124 valence electrons. The van der Waals surface area contributed by atoms with Crippen LogP contribution in [-0.2, 0) is 16.6 Å². The average Bonchev–Trinajstić information content (AvgIpc) is 2.59. The summed E-state index contributed by atoms with van der Waals surface area (Å²) in [6.07, 6.45) is 1.48. The molecule has 3 N–H and O–H groups in total. The number of ether oxygens (including phenoxy) is 1. The van der Waals surface area contributed by atoms with Crippen LogP contribution in [0.25, 0.3) is 10.9 Å². The lowest BCUT2D eigenvalue weighted by Gasteiger charge is -2.09. The number of benzene rings is 2. The van der Waals surface area contributed by atoms with Crippen LogP contribution >= 0.6 is 0 Å². The molecule has 0 amide bonds. The molecule has 0 bridgehead atoms. The van der Waals surface area contributed by atoms with Gasteiger partial charge in [-0.1, -0.05) is 12.1 Å². The molecule has 3 rings (SSSR count). The molecule has 8 heteroatoms. The SMILES string of the molecule is COc1ccc2c(NCc3ccc(S(N)(=O)=O)cc3)ncnc2c1. The van der Waals surface area contributed by atoms with Crippen LogP contribution in [0.1, 0.15) is 5.56 Å². The van der Waals surface area contributed by atoms with Crippen molar-refractivity contribution in [1.82, 2.24) is 9.97 Å². The highest BCUT2D eigenvalue weighted by Crippen LogP contribution is 2.24. The van der Waals surface area contributed by atoms with Crippen LogP contribution in [0.15, 0.2) is 53.7 Å². The van der Waals surface area contributed by atoms with E-state index in [0.717, 1.165) is 22.2 Å². The fourth-order valence-electron chi connectivity index (χ4n) is 2.29. The number of methoxy groups -OCH3 is 1. The minimum Gasteiger partial charge on any atom is -0.497 e. The number of hydrogen-bond acceptors (Lipinski definition) is 6. The van der Waals surface area contributed by atoms with Crippen LogP contribution in [0.5, 0.6) is 5.75 Å². The third-order valence-electron chi connectivity index (χ3n) is 3.56. The van der Waals surface area contributed by atoms with E-state index in [2.05, 4.69) is 15.3 Å². The van der Waals surface area contributed by atoms with Crippen LogP contribution in [0.2, 0.25) is 0 Å². The predicted molar refractivity (Wildman–Crippen MR) is 91.2 cm³/mol. The lowest BCUT2D eigenvalue weighted by molar-refractivity contribution is 0.415. The molecular formula is C16H16N4O3S. The van der Waals surface area contributed by atoms with Crippen LogP contribution in [0, 0.1) is 0 Å². The molecule has 0 aliphatic rings. The molecular weight excluding hydrogens is 328 g/mol. The van der Waals surface area contributed by atoms with E-state index in [9.17, 15) is 8.42 Å². The van der Waals surface area contributed by atoms with Crippen molar-refractivity contribution in [2.24, 2.45) is 5.14 Å². The first-order chi connectivity index (χ1) is 11.5. The molecule has 24 heavy (non-hydrogen) atoms. The van der Waals surface area contributed by atoms with Crippen molar-refractivity contribution in [3.8, 4) is 5.75 Å². The van der Waals surface area contributed by atoms with E-state index in [1.807, 2.05) is 18.2 Å². The van der Waals surface area contributed by atoms with Gasteiger partial charge in [-0.05, 0) is 29.8 Å². The highest BCUT2D eigenvalue weighted by Gasteiger charge is 2.08. The van der Waals surface area contributed by atoms with Gasteiger partial charge in [-0.15, -0.1) is 0 Å². The van der Waals surface area contributed by atoms with Crippen LogP contribution < -0.4 is 15.2 Å². The van der Waals surface area contributed by atoms with Crippen molar-refractivity contribution in [1.29, 1.82) is 0 Å². The van der Waals surface area contributed by atoms with Crippen LogP contribution in [0.4, 0.5) is 5.82 Å². The first-order valence-electron chi connectivity index (χ1n) is 7.12. The molecule has 0 aliphatic heterocycles. The van der Waals surface area contributed by atoms with Crippen molar-refractivity contribution < 1.29 is 13.2 Å². The maximum absolute atomic E-state index is 11.3. The lowest BCUT2D eigenvalue weighted by Crippen LogP contribution is -2.12. The number of sulfonamides is 1. The Morgan fingerprint density at radius 3 is 2.54 bits per heavy atom. The monoisotopic (exact) mass is 344 g/mol. The summed E-state index contributed by atoms with van der Waals surface area (Å²) in [5.41, 5.74) is 1.68. The smallest absolute Gasteiger partial charge is 0.238 e. The number of fused-ring (bicyclic) bond motifs is 1. The van der Waals surface area contributed by atoms with Crippen molar-refractivity contribution in [2.75, 3.05) is 12.4 Å². The number of rotatable bonds is 5. The maximum Gasteiger partial charge on any atom is 0.238 e. The van der Waals surface area contributed by atoms with Crippen molar-refractivity contribution >= 4 is 26.7 Å². The number of nitrogens with zero attached hydrogens (tertiary/aromatic N) is 2. The highest BCUT2D eigenvalue weighted by molar-refractivity contribution is 7.89. The summed E-state index contributed by atoms with van der Waals surface area (Å²) in [6, 6.07) is 11.9. The summed E-state index contributed by atoms with van der Waals surface area (Å²) in [7, 11) is -2.07. The Balaban J connectivity index is 1.81. The van der Waals surface area contributed by atoms with Crippen LogP contribution in [-0.4, -0.2) is 25.5 Å². The van der Waals surface area contributed by atoms with Gasteiger partial charge in [0.1, 0.15) is 17.9 Å². The molecule has 0 fully saturated rings. The Kier molecular flexibility index (Phi) is 4.32. The third-order valence-corrected chi connectivity index (χ3v) is 4.48. The van der Waals surface area contributed by atoms with Gasteiger partial charge >= 0.3 is 0 Å². The molecule has 7 nitrogen and oxygen atoms in total. The zero-order chi connectivity index (χ0) is 17.2. The van der Waals surface area contributed by atoms with Gasteiger partial charge in [0.2, 0.25) is 10.0 Å². The molecule has 0 saturated carbocycles. The van der Waals surface area contributed by atoms with Gasteiger partial charge in [0, 0.05) is 18.0 Å². The van der Waals surface area contributed by atoms with Gasteiger partial charge in [0.15, 0.2) is 0 Å². The molecule has 3 aromatic rings. The second-order valence-electron chi connectivity index (χ2n) is 5.15. The summed E-state index contributed by atoms with van der Waals surface area (Å²) in [4.78, 5) is 8.58. The number of hydrogen-bond donors (Lipinski definition) is 2. The predicted octanol–water partition coefficient (Wildman–Crippen LogP) is 1.90. The summed E-state index contributed by atoms with van der Waals surface area (Å²) in [5, 5.41) is 9.19. The van der Waals surface area contributed by atoms with Gasteiger partial charge in [-0.3, -0.25) is 0 Å². The van der Waals surface area contributed by atoms with Gasteiger partial charge in [0.05, 0.1) is 17.5 Å². The second kappa shape index (κ2) is 6.42. The van der Waals surface area contributed by atoms with E-state index >= 15 is 0 Å². The number of nitrogens with one attached hydrogen (secondary N) is 1. The summed E-state index contributed by atoms with van der Waals surface area (Å²) in [6.45, 7) is 0.489. The van der Waals surface area contributed by atoms with E-state index in [0.29, 0.717) is 12.4 Å². The van der Waals surface area contributed by atoms with Crippen molar-refractivity contribution in [3.05, 3.63) is 54.4 Å². The zero-order valence-corrected chi connectivity index (χ0v) is 13.7. The van der Waals surface area contributed by atoms with E-state index in [1.54, 1.807) is 19.2 Å². The fraction of sp³-hybridized carbons (Fsp3) is 0.125. The molecule has 1 heterocycles. The number of primary sulfonamides is 1. The molecule has 2 aromatic carbocycles. The zero-order valence-electron chi connectivity index (χ0n) is 12.9. The fourth-order valence-corrected chi connectivity index (χ4v) is 2.80. The molecule has 0 spiro atoms. The van der Waals surface area contributed by atoms with Gasteiger partial charge in [-0.25, -0.2) is 23.5 Å². The molecule has 0 radical (unpaired) electrons. The largest absolute Gasteiger partial charge is 0.497 e. The third kappa shape index (κ3) is 3.44. The van der Waals surface area contributed by atoms with Gasteiger partial charge < -0.3 is 10.1 Å². The Morgan fingerprint density at radius 2 is 1.88 bits per heavy atom. The molecule has 0 atom stereocenters. The molecule has 1 aromatic heterocycles. The average molecular weight is 344 g/mol. The quantitative estimate of drug-likeness (QED) is 0.732. The normalized spacial score (nSPS) is 11.4. The topological polar surface area (TPSA) is 107 Å². The Bertz CT molecular complexity index is 972. The molecule has 0 unspecified atom stereocenters. The Hall–Kier alpha value is -2.71. The highest BCUT2D eigenvalue weighted by atomic mass is 32.2. The van der Waals surface area contributed by atoms with E-state index in [4.69, 9.17) is 9.88 Å². The number of aromatic nitrogens is 2.